The van der Waals surface area contributed by atoms with Crippen LogP contribution in [0.25, 0.3) is 11.3 Å². The largest absolute Gasteiger partial charge is 0.480 e. The molecule has 0 unspecified atom stereocenters. The first-order valence-electron chi connectivity index (χ1n) is 4.84. The third-order valence-electron chi connectivity index (χ3n) is 2.22. The fourth-order valence-corrected chi connectivity index (χ4v) is 1.74. The molecule has 0 atom stereocenters. The molecule has 0 aliphatic rings. The molecule has 1 aromatic heterocycles. The molecule has 2 aromatic rings. The summed E-state index contributed by atoms with van der Waals surface area (Å²) < 4.78 is 4.96. The summed E-state index contributed by atoms with van der Waals surface area (Å²) in [6.45, 7) is 0. The van der Waals surface area contributed by atoms with Gasteiger partial charge in [0.1, 0.15) is 0 Å². The summed E-state index contributed by atoms with van der Waals surface area (Å²) in [6, 6.07) is 8.24. The van der Waals surface area contributed by atoms with Crippen molar-refractivity contribution in [1.29, 1.82) is 0 Å². The minimum atomic E-state index is 0.532. The number of methoxy groups -OCH3 is 1. The molecular weight excluding hydrogens is 220 g/mol. The first kappa shape index (κ1) is 11.0. The summed E-state index contributed by atoms with van der Waals surface area (Å²) in [5, 5.41) is 0. The van der Waals surface area contributed by atoms with Crippen LogP contribution in [0, 0.1) is 0 Å². The van der Waals surface area contributed by atoms with Crippen LogP contribution in [-0.4, -0.2) is 23.3 Å². The highest BCUT2D eigenvalue weighted by Gasteiger charge is 2.00. The predicted molar refractivity (Wildman–Crippen MR) is 65.8 cm³/mol. The van der Waals surface area contributed by atoms with Gasteiger partial charge in [0.15, 0.2) is 0 Å². The molecule has 0 N–H and O–H groups in total. The van der Waals surface area contributed by atoms with Crippen molar-refractivity contribution in [2.24, 2.45) is 0 Å². The molecule has 0 aliphatic heterocycles. The van der Waals surface area contributed by atoms with Gasteiger partial charge in [0.25, 0.3) is 0 Å². The molecule has 0 saturated heterocycles. The Bertz CT molecular complexity index is 408. The highest BCUT2D eigenvalue weighted by Crippen LogP contribution is 2.21. The van der Waals surface area contributed by atoms with Gasteiger partial charge in [0, 0.05) is 10.5 Å². The Morgan fingerprint density at radius 3 is 2.31 bits per heavy atom. The lowest BCUT2D eigenvalue weighted by Crippen LogP contribution is -1.90. The van der Waals surface area contributed by atoms with E-state index in [0.717, 1.165) is 11.3 Å². The average Bonchev–Trinajstić information content (AvgIpc) is 2.39. The van der Waals surface area contributed by atoms with E-state index in [1.165, 1.54) is 4.90 Å². The second-order valence-corrected chi connectivity index (χ2v) is 4.05. The maximum absolute atomic E-state index is 4.96. The first-order chi connectivity index (χ1) is 7.83. The Hall–Kier alpha value is -1.55. The maximum Gasteiger partial charge on any atom is 0.232 e. The van der Waals surface area contributed by atoms with Crippen molar-refractivity contribution in [1.82, 2.24) is 9.97 Å². The van der Waals surface area contributed by atoms with Crippen molar-refractivity contribution in [3.8, 4) is 17.1 Å². The Balaban J connectivity index is 2.28. The normalized spacial score (nSPS) is 10.1. The molecule has 0 aliphatic carbocycles. The van der Waals surface area contributed by atoms with E-state index in [9.17, 15) is 0 Å². The summed E-state index contributed by atoms with van der Waals surface area (Å²) in [6.07, 6.45) is 5.40. The summed E-state index contributed by atoms with van der Waals surface area (Å²) in [7, 11) is 1.58. The van der Waals surface area contributed by atoms with Crippen molar-refractivity contribution < 1.29 is 4.74 Å². The molecule has 16 heavy (non-hydrogen) atoms. The van der Waals surface area contributed by atoms with Gasteiger partial charge in [-0.15, -0.1) is 11.8 Å². The molecule has 82 valence electrons. The van der Waals surface area contributed by atoms with Crippen LogP contribution in [-0.2, 0) is 0 Å². The van der Waals surface area contributed by atoms with Gasteiger partial charge < -0.3 is 4.74 Å². The molecule has 4 heteroatoms. The lowest BCUT2D eigenvalue weighted by Gasteiger charge is -2.02. The number of hydrogen-bond donors (Lipinski definition) is 0. The van der Waals surface area contributed by atoms with Crippen LogP contribution in [0.1, 0.15) is 0 Å². The molecule has 3 nitrogen and oxygen atoms in total. The smallest absolute Gasteiger partial charge is 0.232 e. The van der Waals surface area contributed by atoms with Crippen LogP contribution >= 0.6 is 11.8 Å². The van der Waals surface area contributed by atoms with Gasteiger partial charge in [0.05, 0.1) is 25.2 Å². The van der Waals surface area contributed by atoms with Crippen molar-refractivity contribution >= 4 is 11.8 Å². The quantitative estimate of drug-likeness (QED) is 0.762. The van der Waals surface area contributed by atoms with Crippen molar-refractivity contribution in [2.75, 3.05) is 13.4 Å². The van der Waals surface area contributed by atoms with Gasteiger partial charge in [-0.3, -0.25) is 0 Å². The van der Waals surface area contributed by atoms with E-state index in [4.69, 9.17) is 4.74 Å². The molecule has 0 saturated carbocycles. The monoisotopic (exact) mass is 232 g/mol. The van der Waals surface area contributed by atoms with Crippen LogP contribution < -0.4 is 4.74 Å². The van der Waals surface area contributed by atoms with E-state index in [-0.39, 0.29) is 0 Å². The Morgan fingerprint density at radius 1 is 1.06 bits per heavy atom. The number of ether oxygens (including phenoxy) is 1. The molecule has 0 amide bonds. The first-order valence-corrected chi connectivity index (χ1v) is 6.06. The molecule has 0 fully saturated rings. The number of rotatable bonds is 3. The Kier molecular flexibility index (Phi) is 3.41. The summed E-state index contributed by atoms with van der Waals surface area (Å²) >= 11 is 1.72. The highest BCUT2D eigenvalue weighted by atomic mass is 32.2. The van der Waals surface area contributed by atoms with Gasteiger partial charge in [-0.25, -0.2) is 9.97 Å². The van der Waals surface area contributed by atoms with Crippen LogP contribution in [0.3, 0.4) is 0 Å². The van der Waals surface area contributed by atoms with Crippen LogP contribution in [0.4, 0.5) is 0 Å². The zero-order valence-corrected chi connectivity index (χ0v) is 9.99. The molecule has 2 rings (SSSR count). The summed E-state index contributed by atoms with van der Waals surface area (Å²) in [5.41, 5.74) is 1.92. The van der Waals surface area contributed by atoms with Crippen molar-refractivity contribution in [3.05, 3.63) is 36.7 Å². The Labute approximate surface area is 98.9 Å². The van der Waals surface area contributed by atoms with E-state index >= 15 is 0 Å². The molecule has 0 radical (unpaired) electrons. The van der Waals surface area contributed by atoms with Gasteiger partial charge >= 0.3 is 0 Å². The zero-order chi connectivity index (χ0) is 11.4. The fourth-order valence-electron chi connectivity index (χ4n) is 1.33. The molecule has 1 aromatic carbocycles. The van der Waals surface area contributed by atoms with Gasteiger partial charge in [-0.05, 0) is 18.4 Å². The second-order valence-electron chi connectivity index (χ2n) is 3.17. The lowest BCUT2D eigenvalue weighted by atomic mass is 10.2. The third-order valence-corrected chi connectivity index (χ3v) is 2.97. The number of benzene rings is 1. The van der Waals surface area contributed by atoms with Gasteiger partial charge in [0.2, 0.25) is 5.88 Å². The molecular formula is C12H12N2OS. The van der Waals surface area contributed by atoms with Crippen LogP contribution in [0.5, 0.6) is 5.88 Å². The molecule has 0 bridgehead atoms. The minimum Gasteiger partial charge on any atom is -0.480 e. The topological polar surface area (TPSA) is 35.0 Å². The number of nitrogens with zero attached hydrogens (tertiary/aromatic N) is 2. The summed E-state index contributed by atoms with van der Waals surface area (Å²) in [5.74, 6) is 0.532. The second kappa shape index (κ2) is 4.99. The van der Waals surface area contributed by atoms with Gasteiger partial charge in [-0.2, -0.15) is 0 Å². The van der Waals surface area contributed by atoms with Crippen molar-refractivity contribution in [3.63, 3.8) is 0 Å². The minimum absolute atomic E-state index is 0.532. The lowest BCUT2D eigenvalue weighted by molar-refractivity contribution is 0.396. The van der Waals surface area contributed by atoms with E-state index in [1.807, 2.05) is 12.1 Å². The van der Waals surface area contributed by atoms with E-state index in [2.05, 4.69) is 28.4 Å². The molecule has 0 spiro atoms. The molecule has 1 heterocycles. The number of hydrogen-bond acceptors (Lipinski definition) is 4. The van der Waals surface area contributed by atoms with Gasteiger partial charge in [-0.1, -0.05) is 12.1 Å². The van der Waals surface area contributed by atoms with Crippen molar-refractivity contribution in [2.45, 2.75) is 4.90 Å². The Morgan fingerprint density at radius 2 is 1.81 bits per heavy atom. The predicted octanol–water partition coefficient (Wildman–Crippen LogP) is 2.87. The van der Waals surface area contributed by atoms with E-state index < -0.39 is 0 Å². The van der Waals surface area contributed by atoms with Crippen LogP contribution in [0.15, 0.2) is 41.6 Å². The number of aromatic nitrogens is 2. The summed E-state index contributed by atoms with van der Waals surface area (Å²) in [4.78, 5) is 9.65. The third kappa shape index (κ3) is 2.33. The SMILES string of the molecule is COc1cnc(-c2ccc(SC)cc2)cn1. The highest BCUT2D eigenvalue weighted by molar-refractivity contribution is 7.98. The van der Waals surface area contributed by atoms with Crippen LogP contribution in [0.2, 0.25) is 0 Å². The standard InChI is InChI=1S/C12H12N2OS/c1-15-12-8-13-11(7-14-12)9-3-5-10(16-2)6-4-9/h3-8H,1-2H3. The average molecular weight is 232 g/mol. The number of thioether (sulfide) groups is 1. The van der Waals surface area contributed by atoms with E-state index in [1.54, 1.807) is 31.3 Å². The maximum atomic E-state index is 4.96. The van der Waals surface area contributed by atoms with E-state index in [0.29, 0.717) is 5.88 Å². The zero-order valence-electron chi connectivity index (χ0n) is 9.18. The fraction of sp³-hybridized carbons (Fsp3) is 0.167.